The molecule has 0 aliphatic heterocycles. The first-order chi connectivity index (χ1) is 11.2. The Balaban J connectivity index is 5.05. The molecule has 0 saturated carbocycles. The molecule has 0 bridgehead atoms. The molecule has 0 aromatic rings. The van der Waals surface area contributed by atoms with Crippen LogP contribution < -0.4 is 5.32 Å². The van der Waals surface area contributed by atoms with Crippen molar-refractivity contribution in [2.75, 3.05) is 20.2 Å². The van der Waals surface area contributed by atoms with Gasteiger partial charge in [0, 0.05) is 19.8 Å². The van der Waals surface area contributed by atoms with E-state index in [0.29, 0.717) is 18.2 Å². The van der Waals surface area contributed by atoms with Crippen LogP contribution in [0.15, 0.2) is 50.5 Å². The van der Waals surface area contributed by atoms with Crippen molar-refractivity contribution in [3.8, 4) is 0 Å². The Morgan fingerprint density at radius 1 is 1.26 bits per heavy atom. The smallest absolute Gasteiger partial charge is 0.179 e. The van der Waals surface area contributed by atoms with Crippen molar-refractivity contribution >= 4 is 19.1 Å². The molecule has 0 aliphatic rings. The summed E-state index contributed by atoms with van der Waals surface area (Å²) in [5.74, 6) is 1.28. The van der Waals surface area contributed by atoms with Gasteiger partial charge in [-0.15, -0.1) is 0 Å². The van der Waals surface area contributed by atoms with Gasteiger partial charge in [-0.25, -0.2) is 4.99 Å². The van der Waals surface area contributed by atoms with E-state index < -0.39 is 0 Å². The maximum atomic E-state index is 5.82. The molecule has 5 heteroatoms. The fourth-order valence-electron chi connectivity index (χ4n) is 1.70. The summed E-state index contributed by atoms with van der Waals surface area (Å²) in [6.07, 6.45) is 12.5. The van der Waals surface area contributed by atoms with Gasteiger partial charge < -0.3 is 10.1 Å². The number of nitrogens with one attached hydrogen (secondary N) is 1. The quantitative estimate of drug-likeness (QED) is 0.257. The predicted molar refractivity (Wildman–Crippen MR) is 102 cm³/mol. The van der Waals surface area contributed by atoms with Crippen LogP contribution in [0.3, 0.4) is 0 Å². The van der Waals surface area contributed by atoms with Crippen LogP contribution in [0.4, 0.5) is 0 Å². The summed E-state index contributed by atoms with van der Waals surface area (Å²) in [7, 11) is 1.70. The van der Waals surface area contributed by atoms with Crippen molar-refractivity contribution in [1.29, 1.82) is 0 Å². The molecular weight excluding hydrogens is 288 g/mol. The van der Waals surface area contributed by atoms with E-state index in [1.807, 2.05) is 32.1 Å². The fourth-order valence-corrected chi connectivity index (χ4v) is 1.70. The van der Waals surface area contributed by atoms with Gasteiger partial charge in [-0.3, -0.25) is 9.98 Å². The highest BCUT2D eigenvalue weighted by atomic mass is 16.5. The van der Waals surface area contributed by atoms with Crippen molar-refractivity contribution in [3.63, 3.8) is 0 Å². The number of aliphatic imine (C=N–C) groups is 3. The third-order valence-corrected chi connectivity index (χ3v) is 2.87. The summed E-state index contributed by atoms with van der Waals surface area (Å²) >= 11 is 0. The number of hydrogen-bond acceptors (Lipinski definition) is 5. The van der Waals surface area contributed by atoms with E-state index in [9.17, 15) is 0 Å². The van der Waals surface area contributed by atoms with E-state index in [1.165, 1.54) is 12.8 Å². The molecule has 0 spiro atoms. The summed E-state index contributed by atoms with van der Waals surface area (Å²) in [6.45, 7) is 10.7. The predicted octanol–water partition coefficient (Wildman–Crippen LogP) is 3.90. The summed E-state index contributed by atoms with van der Waals surface area (Å²) in [5, 5.41) is 3.31. The van der Waals surface area contributed by atoms with E-state index in [4.69, 9.17) is 4.74 Å². The number of nitrogens with zero attached hydrogens (tertiary/aromatic N) is 3. The summed E-state index contributed by atoms with van der Waals surface area (Å²) in [5.41, 5.74) is 0.746. The first-order valence-electron chi connectivity index (χ1n) is 8.03. The van der Waals surface area contributed by atoms with Gasteiger partial charge in [0.25, 0.3) is 0 Å². The molecular formula is C18H30N4O. The molecule has 0 radical (unpaired) electrons. The molecule has 0 rings (SSSR count). The summed E-state index contributed by atoms with van der Waals surface area (Å²) in [4.78, 5) is 12.4. The number of hydrogen-bond donors (Lipinski definition) is 1. The maximum absolute atomic E-state index is 5.82. The molecule has 0 saturated heterocycles. The van der Waals surface area contributed by atoms with Crippen LogP contribution >= 0.6 is 0 Å². The topological polar surface area (TPSA) is 58.3 Å². The largest absolute Gasteiger partial charge is 0.482 e. The molecule has 128 valence electrons. The number of rotatable bonds is 12. The van der Waals surface area contributed by atoms with Gasteiger partial charge >= 0.3 is 0 Å². The van der Waals surface area contributed by atoms with E-state index >= 15 is 0 Å². The van der Waals surface area contributed by atoms with Gasteiger partial charge in [-0.1, -0.05) is 31.9 Å². The molecule has 0 unspecified atom stereocenters. The Kier molecular flexibility index (Phi) is 13.4. The molecule has 0 atom stereocenters. The van der Waals surface area contributed by atoms with Gasteiger partial charge in [0.15, 0.2) is 11.6 Å². The minimum Gasteiger partial charge on any atom is -0.482 e. The van der Waals surface area contributed by atoms with Crippen LogP contribution in [-0.4, -0.2) is 39.3 Å². The molecule has 0 aromatic heterocycles. The van der Waals surface area contributed by atoms with Gasteiger partial charge in [-0.2, -0.15) is 0 Å². The maximum Gasteiger partial charge on any atom is 0.179 e. The molecule has 5 nitrogen and oxygen atoms in total. The van der Waals surface area contributed by atoms with Crippen LogP contribution in [0.1, 0.15) is 40.0 Å². The van der Waals surface area contributed by atoms with Crippen molar-refractivity contribution < 1.29 is 4.74 Å². The third kappa shape index (κ3) is 10.2. The van der Waals surface area contributed by atoms with E-state index in [2.05, 4.69) is 33.9 Å². The first-order valence-corrected chi connectivity index (χ1v) is 8.03. The number of allylic oxidation sites excluding steroid dienone is 4. The zero-order valence-electron chi connectivity index (χ0n) is 14.9. The Hall–Kier alpha value is -2.17. The van der Waals surface area contributed by atoms with Gasteiger partial charge in [0.2, 0.25) is 0 Å². The van der Waals surface area contributed by atoms with Crippen molar-refractivity contribution in [2.45, 2.75) is 40.0 Å². The second kappa shape index (κ2) is 14.8. The second-order valence-electron chi connectivity index (χ2n) is 4.75. The lowest BCUT2D eigenvalue weighted by Gasteiger charge is -2.12. The zero-order valence-corrected chi connectivity index (χ0v) is 14.9. The third-order valence-electron chi connectivity index (χ3n) is 2.87. The van der Waals surface area contributed by atoms with Crippen LogP contribution in [0, 0.1) is 0 Å². The lowest BCUT2D eigenvalue weighted by molar-refractivity contribution is 0.255. The van der Waals surface area contributed by atoms with Crippen molar-refractivity contribution in [1.82, 2.24) is 5.32 Å². The van der Waals surface area contributed by atoms with Crippen molar-refractivity contribution in [2.24, 2.45) is 15.0 Å². The van der Waals surface area contributed by atoms with Crippen LogP contribution in [-0.2, 0) is 4.74 Å². The minimum absolute atomic E-state index is 0.314. The van der Waals surface area contributed by atoms with E-state index in [-0.39, 0.29) is 0 Å². The number of unbranched alkanes of at least 4 members (excludes halogenated alkanes) is 2. The molecule has 1 N–H and O–H groups in total. The number of ether oxygens (including phenoxy) is 1. The molecule has 0 amide bonds. The SMILES string of the molecule is C=N/C(=C\C=C/C)CO/C(C=NC)=C(/N=CC)NCCCCC. The van der Waals surface area contributed by atoms with E-state index in [0.717, 1.165) is 18.7 Å². The van der Waals surface area contributed by atoms with Gasteiger partial charge in [-0.05, 0) is 33.1 Å². The lowest BCUT2D eigenvalue weighted by atomic mass is 10.2. The monoisotopic (exact) mass is 318 g/mol. The highest BCUT2D eigenvalue weighted by molar-refractivity contribution is 5.77. The van der Waals surface area contributed by atoms with Gasteiger partial charge in [0.1, 0.15) is 6.61 Å². The average Bonchev–Trinajstić information content (AvgIpc) is 2.57. The van der Waals surface area contributed by atoms with Crippen LogP contribution in [0.5, 0.6) is 0 Å². The minimum atomic E-state index is 0.314. The zero-order chi connectivity index (χ0) is 17.3. The first kappa shape index (κ1) is 20.8. The van der Waals surface area contributed by atoms with Crippen molar-refractivity contribution in [3.05, 3.63) is 35.5 Å². The lowest BCUT2D eigenvalue weighted by Crippen LogP contribution is -2.17. The highest BCUT2D eigenvalue weighted by Crippen LogP contribution is 2.08. The Bertz CT molecular complexity index is 473. The average molecular weight is 318 g/mol. The molecule has 0 aromatic carbocycles. The van der Waals surface area contributed by atoms with Gasteiger partial charge in [0.05, 0.1) is 11.9 Å². The molecule has 23 heavy (non-hydrogen) atoms. The Morgan fingerprint density at radius 3 is 2.61 bits per heavy atom. The van der Waals surface area contributed by atoms with Crippen LogP contribution in [0.2, 0.25) is 0 Å². The standard InChI is InChI=1S/C18H30N4O/c1-6-9-11-13-22-18(21-8-3)17(14-19-4)23-15-16(20-5)12-10-7-2/h7-8,10,12,14,22H,5-6,9,11,13,15H2,1-4H3/b10-7-,16-12-,18-17-,19-14?,21-8?. The molecule has 0 aliphatic carbocycles. The van der Waals surface area contributed by atoms with E-state index in [1.54, 1.807) is 19.5 Å². The summed E-state index contributed by atoms with van der Waals surface area (Å²) in [6, 6.07) is 0. The summed E-state index contributed by atoms with van der Waals surface area (Å²) < 4.78 is 5.82. The van der Waals surface area contributed by atoms with Crippen LogP contribution in [0.25, 0.3) is 0 Å². The molecule has 0 fully saturated rings. The Morgan fingerprint density at radius 2 is 2.04 bits per heavy atom. The second-order valence-corrected chi connectivity index (χ2v) is 4.75. The highest BCUT2D eigenvalue weighted by Gasteiger charge is 2.06. The normalized spacial score (nSPS) is 13.8. The fraction of sp³-hybridized carbons (Fsp3) is 0.500. The Labute approximate surface area is 140 Å². The molecule has 0 heterocycles.